The van der Waals surface area contributed by atoms with Gasteiger partial charge in [0.05, 0.1) is 11.7 Å². The zero-order valence-corrected chi connectivity index (χ0v) is 16.1. The quantitative estimate of drug-likeness (QED) is 0.706. The number of nitrogens with zero attached hydrogens (tertiary/aromatic N) is 4. The van der Waals surface area contributed by atoms with Crippen molar-refractivity contribution >= 4 is 17.2 Å². The van der Waals surface area contributed by atoms with Crippen LogP contribution in [-0.2, 0) is 0 Å². The van der Waals surface area contributed by atoms with Gasteiger partial charge in [-0.1, -0.05) is 12.1 Å². The highest BCUT2D eigenvalue weighted by Crippen LogP contribution is 2.25. The number of rotatable bonds is 6. The van der Waals surface area contributed by atoms with Gasteiger partial charge >= 0.3 is 0 Å². The van der Waals surface area contributed by atoms with Crippen molar-refractivity contribution in [2.45, 2.75) is 13.0 Å². The first-order valence-corrected chi connectivity index (χ1v) is 9.22. The Morgan fingerprint density at radius 3 is 2.52 bits per heavy atom. The van der Waals surface area contributed by atoms with Gasteiger partial charge in [0.1, 0.15) is 10.7 Å². The molecule has 3 rings (SSSR count). The number of hydrogen-bond donors (Lipinski definition) is 1. The maximum atomic E-state index is 13.2. The minimum absolute atomic E-state index is 0.0697. The normalized spacial score (nSPS) is 12.2. The third-order valence-electron chi connectivity index (χ3n) is 4.09. The monoisotopic (exact) mass is 385 g/mol. The molecular weight excluding hydrogens is 365 g/mol. The van der Waals surface area contributed by atoms with Gasteiger partial charge in [-0.15, -0.1) is 11.3 Å². The molecule has 1 unspecified atom stereocenters. The van der Waals surface area contributed by atoms with Gasteiger partial charge in [0, 0.05) is 18.9 Å². The van der Waals surface area contributed by atoms with Crippen LogP contribution in [0, 0.1) is 12.7 Å². The minimum Gasteiger partial charge on any atom is -0.349 e. The molecule has 2 heterocycles. The highest BCUT2D eigenvalue weighted by atomic mass is 32.1. The van der Waals surface area contributed by atoms with Gasteiger partial charge in [0.2, 0.25) is 0 Å². The van der Waals surface area contributed by atoms with Gasteiger partial charge in [-0.3, -0.25) is 4.79 Å². The molecule has 0 fully saturated rings. The number of likely N-dealkylation sites (N-methyl/N-ethyl adjacent to an activating group) is 1. The van der Waals surface area contributed by atoms with Crippen molar-refractivity contribution in [2.75, 3.05) is 20.6 Å². The number of carbonyl (C=O) groups excluding carboxylic acids is 1. The number of hydrogen-bond acceptors (Lipinski definition) is 6. The van der Waals surface area contributed by atoms with Crippen molar-refractivity contribution in [2.24, 2.45) is 0 Å². The topological polar surface area (TPSA) is 71.0 Å². The summed E-state index contributed by atoms with van der Waals surface area (Å²) in [6, 6.07) is 7.97. The van der Waals surface area contributed by atoms with Crippen molar-refractivity contribution in [1.82, 2.24) is 25.2 Å². The number of halogens is 1. The van der Waals surface area contributed by atoms with Crippen molar-refractivity contribution in [3.63, 3.8) is 0 Å². The molecule has 0 aliphatic rings. The Bertz CT molecular complexity index is 912. The van der Waals surface area contributed by atoms with Gasteiger partial charge in [-0.25, -0.2) is 19.3 Å². The Hall–Kier alpha value is -2.71. The minimum atomic E-state index is -0.281. The van der Waals surface area contributed by atoms with Gasteiger partial charge in [0.25, 0.3) is 5.91 Å². The second-order valence-electron chi connectivity index (χ2n) is 6.25. The van der Waals surface area contributed by atoms with E-state index in [1.165, 1.54) is 23.5 Å². The smallest absolute Gasteiger partial charge is 0.263 e. The van der Waals surface area contributed by atoms with Gasteiger partial charge in [-0.05, 0) is 44.8 Å². The van der Waals surface area contributed by atoms with Gasteiger partial charge < -0.3 is 10.2 Å². The molecule has 0 aliphatic carbocycles. The van der Waals surface area contributed by atoms with Crippen molar-refractivity contribution < 1.29 is 9.18 Å². The highest BCUT2D eigenvalue weighted by Gasteiger charge is 2.20. The summed E-state index contributed by atoms with van der Waals surface area (Å²) >= 11 is 1.27. The van der Waals surface area contributed by atoms with E-state index < -0.39 is 0 Å². The summed E-state index contributed by atoms with van der Waals surface area (Å²) in [6.07, 6.45) is 3.28. The number of aromatic nitrogens is 3. The Balaban J connectivity index is 1.73. The van der Waals surface area contributed by atoms with E-state index >= 15 is 0 Å². The first-order valence-electron chi connectivity index (χ1n) is 8.40. The van der Waals surface area contributed by atoms with Crippen LogP contribution in [0.3, 0.4) is 0 Å². The SMILES string of the molecule is Cc1nc(-c2ncccn2)sc1C(=O)NCC(c1ccc(F)cc1)N(C)C. The number of nitrogens with one attached hydrogen (secondary N) is 1. The van der Waals surface area contributed by atoms with Crippen LogP contribution in [0.25, 0.3) is 10.8 Å². The predicted molar refractivity (Wildman–Crippen MR) is 103 cm³/mol. The predicted octanol–water partition coefficient (Wildman–Crippen LogP) is 3.08. The Morgan fingerprint density at radius 2 is 1.89 bits per heavy atom. The molecule has 0 spiro atoms. The number of amides is 1. The molecular formula is C19H20FN5OS. The number of benzene rings is 1. The number of carbonyl (C=O) groups is 1. The zero-order chi connectivity index (χ0) is 19.4. The molecule has 0 bridgehead atoms. The van der Waals surface area contributed by atoms with E-state index in [1.54, 1.807) is 37.5 Å². The van der Waals surface area contributed by atoms with E-state index in [0.717, 1.165) is 5.56 Å². The van der Waals surface area contributed by atoms with E-state index in [4.69, 9.17) is 0 Å². The molecule has 1 amide bonds. The van der Waals surface area contributed by atoms with E-state index in [2.05, 4.69) is 20.3 Å². The van der Waals surface area contributed by atoms with Gasteiger partial charge in [-0.2, -0.15) is 0 Å². The lowest BCUT2D eigenvalue weighted by molar-refractivity contribution is 0.0945. The van der Waals surface area contributed by atoms with Crippen molar-refractivity contribution in [3.05, 3.63) is 64.7 Å². The van der Waals surface area contributed by atoms with Crippen LogP contribution >= 0.6 is 11.3 Å². The summed E-state index contributed by atoms with van der Waals surface area (Å²) in [5, 5.41) is 3.57. The number of thiazole rings is 1. The zero-order valence-electron chi connectivity index (χ0n) is 15.3. The van der Waals surface area contributed by atoms with Crippen LogP contribution in [-0.4, -0.2) is 46.4 Å². The van der Waals surface area contributed by atoms with Crippen LogP contribution in [0.5, 0.6) is 0 Å². The van der Waals surface area contributed by atoms with E-state index in [0.29, 0.717) is 27.9 Å². The Labute approximate surface area is 161 Å². The summed E-state index contributed by atoms with van der Waals surface area (Å²) in [4.78, 5) is 27.9. The summed E-state index contributed by atoms with van der Waals surface area (Å²) < 4.78 is 13.2. The molecule has 0 radical (unpaired) electrons. The lowest BCUT2D eigenvalue weighted by atomic mass is 10.1. The molecule has 6 nitrogen and oxygen atoms in total. The van der Waals surface area contributed by atoms with E-state index in [-0.39, 0.29) is 17.8 Å². The Morgan fingerprint density at radius 1 is 1.22 bits per heavy atom. The maximum Gasteiger partial charge on any atom is 0.263 e. The summed E-state index contributed by atoms with van der Waals surface area (Å²) in [5.41, 5.74) is 1.57. The molecule has 8 heteroatoms. The third-order valence-corrected chi connectivity index (χ3v) is 5.25. The molecule has 1 aromatic carbocycles. The van der Waals surface area contributed by atoms with E-state index in [9.17, 15) is 9.18 Å². The average Bonchev–Trinajstić information content (AvgIpc) is 3.05. The van der Waals surface area contributed by atoms with Crippen LogP contribution < -0.4 is 5.32 Å². The van der Waals surface area contributed by atoms with Crippen molar-refractivity contribution in [3.8, 4) is 10.8 Å². The first-order chi connectivity index (χ1) is 13.0. The molecule has 0 aliphatic heterocycles. The largest absolute Gasteiger partial charge is 0.349 e. The molecule has 3 aromatic rings. The second-order valence-corrected chi connectivity index (χ2v) is 7.25. The lowest BCUT2D eigenvalue weighted by Gasteiger charge is -2.25. The summed E-state index contributed by atoms with van der Waals surface area (Å²) in [6.45, 7) is 2.19. The fraction of sp³-hybridized carbons (Fsp3) is 0.263. The molecule has 1 N–H and O–H groups in total. The van der Waals surface area contributed by atoms with Crippen LogP contribution in [0.1, 0.15) is 27.0 Å². The lowest BCUT2D eigenvalue weighted by Crippen LogP contribution is -2.34. The van der Waals surface area contributed by atoms with Crippen LogP contribution in [0.4, 0.5) is 4.39 Å². The third kappa shape index (κ3) is 4.53. The van der Waals surface area contributed by atoms with Gasteiger partial charge in [0.15, 0.2) is 10.8 Å². The summed E-state index contributed by atoms with van der Waals surface area (Å²) in [7, 11) is 3.84. The fourth-order valence-electron chi connectivity index (χ4n) is 2.67. The Kier molecular flexibility index (Phi) is 5.88. The maximum absolute atomic E-state index is 13.2. The highest BCUT2D eigenvalue weighted by molar-refractivity contribution is 7.17. The van der Waals surface area contributed by atoms with Crippen LogP contribution in [0.2, 0.25) is 0 Å². The average molecular weight is 385 g/mol. The fourth-order valence-corrected chi connectivity index (χ4v) is 3.60. The number of aryl methyl sites for hydroxylation is 1. The molecule has 2 aromatic heterocycles. The molecule has 0 saturated heterocycles. The van der Waals surface area contributed by atoms with E-state index in [1.807, 2.05) is 19.0 Å². The van der Waals surface area contributed by atoms with Crippen molar-refractivity contribution in [1.29, 1.82) is 0 Å². The summed E-state index contributed by atoms with van der Waals surface area (Å²) in [5.74, 6) is 0.0273. The molecule has 0 saturated carbocycles. The molecule has 140 valence electrons. The first kappa shape index (κ1) is 19.1. The van der Waals surface area contributed by atoms with Crippen LogP contribution in [0.15, 0.2) is 42.7 Å². The standard InChI is InChI=1S/C19H20FN5OS/c1-12-16(27-19(24-12)17-21-9-4-10-22-17)18(26)23-11-15(25(2)3)13-5-7-14(20)8-6-13/h4-10,15H,11H2,1-3H3,(H,23,26). The molecule has 1 atom stereocenters. The molecule has 27 heavy (non-hydrogen) atoms. The second kappa shape index (κ2) is 8.32.